The van der Waals surface area contributed by atoms with Crippen molar-refractivity contribution in [2.24, 2.45) is 5.73 Å². The molecule has 0 saturated carbocycles. The van der Waals surface area contributed by atoms with Gasteiger partial charge in [0.2, 0.25) is 0 Å². The van der Waals surface area contributed by atoms with Gasteiger partial charge >= 0.3 is 0 Å². The van der Waals surface area contributed by atoms with Crippen molar-refractivity contribution in [3.8, 4) is 0 Å². The van der Waals surface area contributed by atoms with E-state index in [1.54, 1.807) is 0 Å². The molecule has 2 N–H and O–H groups in total. The SMILES string of the molecule is CC(C)(c1ccccc1)C(N)CCCc1ccccc1. The summed E-state index contributed by atoms with van der Waals surface area (Å²) < 4.78 is 0. The number of hydrogen-bond acceptors (Lipinski definition) is 1. The Hall–Kier alpha value is -1.60. The summed E-state index contributed by atoms with van der Waals surface area (Å²) in [5, 5.41) is 0. The van der Waals surface area contributed by atoms with Gasteiger partial charge in [-0.25, -0.2) is 0 Å². The molecule has 20 heavy (non-hydrogen) atoms. The Morgan fingerprint density at radius 1 is 0.900 bits per heavy atom. The molecule has 0 radical (unpaired) electrons. The highest BCUT2D eigenvalue weighted by Crippen LogP contribution is 2.28. The summed E-state index contributed by atoms with van der Waals surface area (Å²) in [5.41, 5.74) is 9.20. The first-order chi connectivity index (χ1) is 9.60. The van der Waals surface area contributed by atoms with Gasteiger partial charge in [-0.2, -0.15) is 0 Å². The molecule has 1 nitrogen and oxygen atoms in total. The Kier molecular flexibility index (Phi) is 4.97. The van der Waals surface area contributed by atoms with E-state index in [2.05, 4.69) is 74.5 Å². The lowest BCUT2D eigenvalue weighted by molar-refractivity contribution is 0.381. The third kappa shape index (κ3) is 3.71. The Morgan fingerprint density at radius 3 is 2.05 bits per heavy atom. The van der Waals surface area contributed by atoms with Gasteiger partial charge in [0, 0.05) is 11.5 Å². The fourth-order valence-corrected chi connectivity index (χ4v) is 2.61. The number of hydrogen-bond donors (Lipinski definition) is 1. The molecule has 0 aliphatic heterocycles. The van der Waals surface area contributed by atoms with E-state index < -0.39 is 0 Å². The van der Waals surface area contributed by atoms with Crippen molar-refractivity contribution in [2.75, 3.05) is 0 Å². The first-order valence-corrected chi connectivity index (χ1v) is 7.46. The van der Waals surface area contributed by atoms with Crippen LogP contribution in [0.1, 0.15) is 37.8 Å². The monoisotopic (exact) mass is 267 g/mol. The van der Waals surface area contributed by atoms with E-state index in [-0.39, 0.29) is 11.5 Å². The van der Waals surface area contributed by atoms with Crippen LogP contribution in [0.2, 0.25) is 0 Å². The first-order valence-electron chi connectivity index (χ1n) is 7.46. The van der Waals surface area contributed by atoms with Crippen LogP contribution in [0.25, 0.3) is 0 Å². The van der Waals surface area contributed by atoms with Crippen molar-refractivity contribution in [1.82, 2.24) is 0 Å². The fourth-order valence-electron chi connectivity index (χ4n) is 2.61. The summed E-state index contributed by atoms with van der Waals surface area (Å²) in [4.78, 5) is 0. The van der Waals surface area contributed by atoms with Crippen LogP contribution < -0.4 is 5.73 Å². The van der Waals surface area contributed by atoms with Gasteiger partial charge in [0.15, 0.2) is 0 Å². The van der Waals surface area contributed by atoms with Crippen LogP contribution in [0, 0.1) is 0 Å². The molecule has 1 unspecified atom stereocenters. The third-order valence-electron chi connectivity index (χ3n) is 4.27. The van der Waals surface area contributed by atoms with E-state index in [0.717, 1.165) is 19.3 Å². The summed E-state index contributed by atoms with van der Waals surface area (Å²) in [6, 6.07) is 21.4. The zero-order valence-electron chi connectivity index (χ0n) is 12.5. The molecular weight excluding hydrogens is 242 g/mol. The molecule has 0 aromatic heterocycles. The van der Waals surface area contributed by atoms with Crippen molar-refractivity contribution in [1.29, 1.82) is 0 Å². The Bertz CT molecular complexity index is 502. The molecule has 0 aliphatic carbocycles. The Labute approximate surface area is 122 Å². The van der Waals surface area contributed by atoms with E-state index in [0.29, 0.717) is 0 Å². The van der Waals surface area contributed by atoms with E-state index in [1.807, 2.05) is 0 Å². The minimum absolute atomic E-state index is 0.0257. The lowest BCUT2D eigenvalue weighted by atomic mass is 9.76. The molecule has 2 aromatic rings. The van der Waals surface area contributed by atoms with Crippen LogP contribution in [0.15, 0.2) is 60.7 Å². The molecule has 0 bridgehead atoms. The van der Waals surface area contributed by atoms with Crippen molar-refractivity contribution in [2.45, 2.75) is 44.6 Å². The van der Waals surface area contributed by atoms with Gasteiger partial charge in [-0.3, -0.25) is 0 Å². The molecule has 106 valence electrons. The molecule has 0 fully saturated rings. The molecule has 0 saturated heterocycles. The van der Waals surface area contributed by atoms with Crippen LogP contribution in [-0.2, 0) is 11.8 Å². The van der Waals surface area contributed by atoms with Crippen LogP contribution in [0.5, 0.6) is 0 Å². The molecule has 1 heteroatoms. The summed E-state index contributed by atoms with van der Waals surface area (Å²) in [6.07, 6.45) is 3.30. The van der Waals surface area contributed by atoms with Gasteiger partial charge < -0.3 is 5.73 Å². The minimum Gasteiger partial charge on any atom is -0.327 e. The quantitative estimate of drug-likeness (QED) is 0.829. The molecule has 0 amide bonds. The van der Waals surface area contributed by atoms with Crippen molar-refractivity contribution >= 4 is 0 Å². The van der Waals surface area contributed by atoms with Crippen LogP contribution in [0.3, 0.4) is 0 Å². The third-order valence-corrected chi connectivity index (χ3v) is 4.27. The minimum atomic E-state index is 0.0257. The fraction of sp³-hybridized carbons (Fsp3) is 0.368. The number of benzene rings is 2. The summed E-state index contributed by atoms with van der Waals surface area (Å²) >= 11 is 0. The van der Waals surface area contributed by atoms with Gasteiger partial charge in [-0.05, 0) is 30.4 Å². The lowest BCUT2D eigenvalue weighted by Gasteiger charge is -2.32. The van der Waals surface area contributed by atoms with Crippen molar-refractivity contribution in [3.63, 3.8) is 0 Å². The predicted molar refractivity (Wildman–Crippen MR) is 86.8 cm³/mol. The highest BCUT2D eigenvalue weighted by molar-refractivity contribution is 5.25. The molecule has 2 aromatic carbocycles. The maximum absolute atomic E-state index is 6.45. The maximum Gasteiger partial charge on any atom is 0.0131 e. The van der Waals surface area contributed by atoms with Crippen molar-refractivity contribution < 1.29 is 0 Å². The summed E-state index contributed by atoms with van der Waals surface area (Å²) in [5.74, 6) is 0. The van der Waals surface area contributed by atoms with Gasteiger partial charge in [0.1, 0.15) is 0 Å². The smallest absolute Gasteiger partial charge is 0.0131 e. The Balaban J connectivity index is 1.90. The van der Waals surface area contributed by atoms with E-state index in [9.17, 15) is 0 Å². The number of aryl methyl sites for hydroxylation is 1. The van der Waals surface area contributed by atoms with Gasteiger partial charge in [-0.15, -0.1) is 0 Å². The highest BCUT2D eigenvalue weighted by Gasteiger charge is 2.27. The van der Waals surface area contributed by atoms with Crippen LogP contribution in [0.4, 0.5) is 0 Å². The second-order valence-corrected chi connectivity index (χ2v) is 6.07. The van der Waals surface area contributed by atoms with E-state index in [1.165, 1.54) is 11.1 Å². The average molecular weight is 267 g/mol. The molecule has 0 spiro atoms. The van der Waals surface area contributed by atoms with E-state index in [4.69, 9.17) is 5.73 Å². The molecule has 0 aliphatic rings. The van der Waals surface area contributed by atoms with Crippen LogP contribution >= 0.6 is 0 Å². The summed E-state index contributed by atoms with van der Waals surface area (Å²) in [6.45, 7) is 4.49. The second-order valence-electron chi connectivity index (χ2n) is 6.07. The zero-order chi connectivity index (χ0) is 14.4. The second kappa shape index (κ2) is 6.71. The number of nitrogens with two attached hydrogens (primary N) is 1. The van der Waals surface area contributed by atoms with Gasteiger partial charge in [-0.1, -0.05) is 74.5 Å². The standard InChI is InChI=1S/C19H25N/c1-19(2,17-13-7-4-8-14-17)18(20)15-9-12-16-10-5-3-6-11-16/h3-8,10-11,13-14,18H,9,12,15,20H2,1-2H3. The average Bonchev–Trinajstić information content (AvgIpc) is 2.49. The van der Waals surface area contributed by atoms with Crippen molar-refractivity contribution in [3.05, 3.63) is 71.8 Å². The van der Waals surface area contributed by atoms with E-state index >= 15 is 0 Å². The van der Waals surface area contributed by atoms with Gasteiger partial charge in [0.25, 0.3) is 0 Å². The lowest BCUT2D eigenvalue weighted by Crippen LogP contribution is -2.40. The predicted octanol–water partition coefficient (Wildman–Crippen LogP) is 4.31. The normalized spacial score (nSPS) is 13.2. The largest absolute Gasteiger partial charge is 0.327 e. The van der Waals surface area contributed by atoms with Crippen LogP contribution in [-0.4, -0.2) is 6.04 Å². The summed E-state index contributed by atoms with van der Waals surface area (Å²) in [7, 11) is 0. The maximum atomic E-state index is 6.45. The molecule has 2 rings (SSSR count). The molecular formula is C19H25N. The van der Waals surface area contributed by atoms with Gasteiger partial charge in [0.05, 0.1) is 0 Å². The highest BCUT2D eigenvalue weighted by atomic mass is 14.7. The first kappa shape index (κ1) is 14.8. The Morgan fingerprint density at radius 2 is 1.45 bits per heavy atom. The molecule has 1 atom stereocenters. The zero-order valence-corrected chi connectivity index (χ0v) is 12.5. The number of rotatable bonds is 6. The molecule has 0 heterocycles. The topological polar surface area (TPSA) is 26.0 Å².